The van der Waals surface area contributed by atoms with Crippen molar-refractivity contribution in [1.82, 2.24) is 25.6 Å². The average molecular weight is 692 g/mol. The maximum Gasteiger partial charge on any atom is 0.327 e. The summed E-state index contributed by atoms with van der Waals surface area (Å²) in [7, 11) is 0. The summed E-state index contributed by atoms with van der Waals surface area (Å²) in [4.78, 5) is 35.2. The molecule has 0 spiro atoms. The summed E-state index contributed by atoms with van der Waals surface area (Å²) < 4.78 is 40.1. The van der Waals surface area contributed by atoms with Crippen LogP contribution in [0.15, 0.2) is 6.20 Å². The van der Waals surface area contributed by atoms with Crippen LogP contribution in [-0.4, -0.2) is 147 Å². The summed E-state index contributed by atoms with van der Waals surface area (Å²) in [6, 6.07) is -0.927. The first-order valence-corrected chi connectivity index (χ1v) is 17.0. The van der Waals surface area contributed by atoms with E-state index in [0.717, 1.165) is 24.8 Å². The van der Waals surface area contributed by atoms with Gasteiger partial charge in [0, 0.05) is 18.8 Å². The summed E-state index contributed by atoms with van der Waals surface area (Å²) in [6.45, 7) is 14.4. The van der Waals surface area contributed by atoms with Crippen molar-refractivity contribution in [1.29, 1.82) is 0 Å². The molecule has 1 aromatic heterocycles. The maximum absolute atomic E-state index is 12.2. The van der Waals surface area contributed by atoms with Crippen molar-refractivity contribution in [3.8, 4) is 0 Å². The summed E-state index contributed by atoms with van der Waals surface area (Å²) in [5.74, 6) is -1.65. The summed E-state index contributed by atoms with van der Waals surface area (Å²) in [5, 5.41) is 21.5. The van der Waals surface area contributed by atoms with Crippen molar-refractivity contribution in [2.75, 3.05) is 98.2 Å². The smallest absolute Gasteiger partial charge is 0.327 e. The van der Waals surface area contributed by atoms with E-state index in [4.69, 9.17) is 38.3 Å². The topological polar surface area (TPSA) is 191 Å². The van der Waals surface area contributed by atoms with E-state index in [0.29, 0.717) is 98.1 Å². The van der Waals surface area contributed by atoms with E-state index in [2.05, 4.69) is 41.7 Å². The maximum atomic E-state index is 12.2. The molecule has 0 saturated carbocycles. The highest BCUT2D eigenvalue weighted by Crippen LogP contribution is 2.21. The fraction of sp³-hybridized carbons (Fsp3) is 0.833. The van der Waals surface area contributed by atoms with Crippen LogP contribution in [-0.2, 0) is 60.6 Å². The van der Waals surface area contributed by atoms with E-state index in [1.807, 2.05) is 0 Å². The van der Waals surface area contributed by atoms with Gasteiger partial charge in [-0.3, -0.25) is 9.59 Å². The van der Waals surface area contributed by atoms with Gasteiger partial charge in [0.1, 0.15) is 11.7 Å². The van der Waals surface area contributed by atoms with Crippen molar-refractivity contribution in [3.05, 3.63) is 11.9 Å². The lowest BCUT2D eigenvalue weighted by Crippen LogP contribution is -2.51. The van der Waals surface area contributed by atoms with Crippen LogP contribution < -0.4 is 10.6 Å². The molecule has 16 nitrogen and oxygen atoms in total. The van der Waals surface area contributed by atoms with E-state index >= 15 is 0 Å². The van der Waals surface area contributed by atoms with Gasteiger partial charge in [0.05, 0.1) is 110 Å². The molecule has 17 heteroatoms. The molecule has 0 aromatic carbocycles. The van der Waals surface area contributed by atoms with Gasteiger partial charge in [0.15, 0.2) is 0 Å². The molecule has 0 bridgehead atoms. The molecule has 1 aliphatic rings. The zero-order chi connectivity index (χ0) is 34.2. The molecule has 2 heterocycles. The van der Waals surface area contributed by atoms with Crippen LogP contribution in [0.5, 0.6) is 0 Å². The Balaban J connectivity index is 1.30. The van der Waals surface area contributed by atoms with Gasteiger partial charge < -0.3 is 48.9 Å². The quantitative estimate of drug-likeness (QED) is 0.103. The Morgan fingerprint density at radius 3 is 1.83 bits per heavy atom. The molecule has 1 aromatic rings. The van der Waals surface area contributed by atoms with Crippen molar-refractivity contribution in [2.45, 2.75) is 58.0 Å². The molecule has 270 valence electrons. The monoisotopic (exact) mass is 691 g/mol. The Labute approximate surface area is 281 Å². The second-order valence-corrected chi connectivity index (χ2v) is 13.0. The molecule has 1 aliphatic heterocycles. The number of thioether (sulfide) groups is 1. The Kier molecular flexibility index (Phi) is 21.5. The fourth-order valence-corrected chi connectivity index (χ4v) is 4.93. The van der Waals surface area contributed by atoms with Crippen LogP contribution in [0.25, 0.3) is 0 Å². The minimum Gasteiger partial charge on any atom is -0.480 e. The third kappa shape index (κ3) is 21.3. The number of hydrogen-bond donors (Lipinski definition) is 3. The first-order valence-electron chi connectivity index (χ1n) is 16.0. The number of nitrogens with one attached hydrogen (secondary N) is 2. The summed E-state index contributed by atoms with van der Waals surface area (Å²) in [6.07, 6.45) is 2.69. The second kappa shape index (κ2) is 24.7. The van der Waals surface area contributed by atoms with Crippen LogP contribution in [0.3, 0.4) is 0 Å². The highest BCUT2D eigenvalue weighted by atomic mass is 32.2. The van der Waals surface area contributed by atoms with E-state index < -0.39 is 23.2 Å². The number of aromatic nitrogens is 3. The number of ether oxygens (including phenoxy) is 7. The third-order valence-corrected chi connectivity index (χ3v) is 7.80. The number of hydrogen-bond acceptors (Lipinski definition) is 13. The van der Waals surface area contributed by atoms with E-state index in [1.54, 1.807) is 10.9 Å². The normalized spacial score (nSPS) is 16.7. The van der Waals surface area contributed by atoms with E-state index in [9.17, 15) is 14.4 Å². The lowest BCUT2D eigenvalue weighted by atomic mass is 9.93. The SMILES string of the molecule is CC(C)(C)CCOCCOCCOCCOCCOCCOCCOCCn1cc(CNC(=O)CC2SCC(C(=O)O)NC2=O)nn1. The van der Waals surface area contributed by atoms with Gasteiger partial charge in [-0.25, -0.2) is 9.48 Å². The number of aliphatic carboxylic acids is 1. The van der Waals surface area contributed by atoms with Gasteiger partial charge in [-0.1, -0.05) is 26.0 Å². The molecule has 0 radical (unpaired) electrons. The van der Waals surface area contributed by atoms with Crippen LogP contribution in [0.2, 0.25) is 0 Å². The molecule has 3 N–H and O–H groups in total. The van der Waals surface area contributed by atoms with Crippen molar-refractivity contribution in [2.24, 2.45) is 5.41 Å². The lowest BCUT2D eigenvalue weighted by Gasteiger charge is -2.25. The van der Waals surface area contributed by atoms with E-state index in [-0.39, 0.29) is 30.0 Å². The molecule has 2 rings (SSSR count). The minimum absolute atomic E-state index is 0.0454. The standard InChI is InChI=1S/C30H53N5O11S/c1-30(2,3)4-6-40-8-10-42-12-14-44-16-18-46-19-17-45-15-13-43-11-9-41-7-5-35-22-24(33-34-35)21-31-27(36)20-26-28(37)32-25(23-47-26)29(38)39/h22,25-26H,4-21,23H2,1-3H3,(H,31,36)(H,32,37)(H,38,39). The zero-order valence-electron chi connectivity index (χ0n) is 27.9. The number of carboxylic acid groups (broad SMARTS) is 1. The third-order valence-electron chi connectivity index (χ3n) is 6.49. The molecular formula is C30H53N5O11S. The number of carbonyl (C=O) groups is 3. The first kappa shape index (κ1) is 40.8. The predicted octanol–water partition coefficient (Wildman–Crippen LogP) is 0.522. The van der Waals surface area contributed by atoms with Gasteiger partial charge in [-0.05, 0) is 11.8 Å². The van der Waals surface area contributed by atoms with Crippen molar-refractivity contribution >= 4 is 29.5 Å². The van der Waals surface area contributed by atoms with Crippen LogP contribution in [0, 0.1) is 5.41 Å². The number of carboxylic acids is 1. The van der Waals surface area contributed by atoms with Crippen LogP contribution >= 0.6 is 11.8 Å². The molecule has 2 atom stereocenters. The average Bonchev–Trinajstić information content (AvgIpc) is 3.48. The van der Waals surface area contributed by atoms with Gasteiger partial charge in [0.2, 0.25) is 11.8 Å². The molecule has 47 heavy (non-hydrogen) atoms. The van der Waals surface area contributed by atoms with Gasteiger partial charge in [-0.15, -0.1) is 16.9 Å². The Hall–Kier alpha value is -2.38. The molecular weight excluding hydrogens is 638 g/mol. The molecule has 1 saturated heterocycles. The number of amides is 2. The largest absolute Gasteiger partial charge is 0.480 e. The lowest BCUT2D eigenvalue weighted by molar-refractivity contribution is -0.141. The summed E-state index contributed by atoms with van der Waals surface area (Å²) in [5.41, 5.74) is 0.856. The second-order valence-electron chi connectivity index (χ2n) is 11.8. The van der Waals surface area contributed by atoms with Crippen molar-refractivity contribution in [3.63, 3.8) is 0 Å². The molecule has 2 amide bonds. The summed E-state index contributed by atoms with van der Waals surface area (Å²) >= 11 is 1.16. The van der Waals surface area contributed by atoms with Crippen LogP contribution in [0.4, 0.5) is 0 Å². The predicted molar refractivity (Wildman–Crippen MR) is 172 cm³/mol. The van der Waals surface area contributed by atoms with E-state index in [1.165, 1.54) is 0 Å². The van der Waals surface area contributed by atoms with Crippen LogP contribution in [0.1, 0.15) is 39.3 Å². The highest BCUT2D eigenvalue weighted by molar-refractivity contribution is 8.00. The highest BCUT2D eigenvalue weighted by Gasteiger charge is 2.33. The number of rotatable bonds is 28. The molecule has 1 fully saturated rings. The van der Waals surface area contributed by atoms with Gasteiger partial charge in [-0.2, -0.15) is 0 Å². The minimum atomic E-state index is -1.09. The molecule has 0 aliphatic carbocycles. The zero-order valence-corrected chi connectivity index (χ0v) is 28.8. The fourth-order valence-electron chi connectivity index (χ4n) is 3.80. The Morgan fingerprint density at radius 1 is 0.872 bits per heavy atom. The first-order chi connectivity index (χ1) is 22.6. The Bertz CT molecular complexity index is 1010. The number of nitrogens with zero attached hydrogens (tertiary/aromatic N) is 3. The molecule has 2 unspecified atom stereocenters. The van der Waals surface area contributed by atoms with Crippen molar-refractivity contribution < 1.29 is 52.6 Å². The van der Waals surface area contributed by atoms with Gasteiger partial charge in [0.25, 0.3) is 0 Å². The number of carbonyl (C=O) groups excluding carboxylic acids is 2. The van der Waals surface area contributed by atoms with Gasteiger partial charge >= 0.3 is 5.97 Å². The Morgan fingerprint density at radius 2 is 1.36 bits per heavy atom.